The fourth-order valence-corrected chi connectivity index (χ4v) is 1.67. The Labute approximate surface area is 119 Å². The molecule has 1 N–H and O–H groups in total. The van der Waals surface area contributed by atoms with Gasteiger partial charge in [-0.1, -0.05) is 17.7 Å². The fourth-order valence-electron chi connectivity index (χ4n) is 1.48. The topological polar surface area (TPSA) is 38.3 Å². The number of hydrogen-bond donors (Lipinski definition) is 1. The van der Waals surface area contributed by atoms with Crippen LogP contribution >= 0.6 is 11.6 Å². The van der Waals surface area contributed by atoms with Crippen LogP contribution < -0.4 is 10.1 Å². The number of carbonyl (C=O) groups excluding carboxylic acids is 1. The monoisotopic (exact) mass is 297 g/mol. The minimum absolute atomic E-state index is 0.0742. The Morgan fingerprint density at radius 3 is 2.65 bits per heavy atom. The van der Waals surface area contributed by atoms with Gasteiger partial charge in [-0.3, -0.25) is 4.79 Å². The van der Waals surface area contributed by atoms with Gasteiger partial charge in [0.05, 0.1) is 0 Å². The van der Waals surface area contributed by atoms with E-state index in [1.54, 1.807) is 24.3 Å². The Hall–Kier alpha value is -2.14. The van der Waals surface area contributed by atoms with Crippen LogP contribution in [0.2, 0.25) is 5.02 Å². The number of nitrogens with one attached hydrogen (secondary N) is 1. The Bertz CT molecular complexity index is 634. The molecule has 0 unspecified atom stereocenters. The summed E-state index contributed by atoms with van der Waals surface area (Å²) in [5.41, 5.74) is 0.524. The van der Waals surface area contributed by atoms with Gasteiger partial charge in [-0.25, -0.2) is 8.78 Å². The summed E-state index contributed by atoms with van der Waals surface area (Å²) in [5.74, 6) is -2.36. The van der Waals surface area contributed by atoms with E-state index in [4.69, 9.17) is 16.3 Å². The van der Waals surface area contributed by atoms with Crippen molar-refractivity contribution in [2.24, 2.45) is 0 Å². The molecule has 0 aromatic heterocycles. The number of ether oxygens (including phenoxy) is 1. The minimum atomic E-state index is -1.03. The third-order valence-corrected chi connectivity index (χ3v) is 2.60. The third-order valence-electron chi connectivity index (χ3n) is 2.37. The SMILES string of the molecule is O=C(COc1ccc(F)c(F)c1)Nc1cccc(Cl)c1. The molecule has 104 valence electrons. The van der Waals surface area contributed by atoms with Crippen molar-refractivity contribution in [3.8, 4) is 5.75 Å². The highest BCUT2D eigenvalue weighted by Gasteiger charge is 2.07. The highest BCUT2D eigenvalue weighted by molar-refractivity contribution is 6.30. The molecule has 0 aliphatic carbocycles. The van der Waals surface area contributed by atoms with E-state index in [-0.39, 0.29) is 12.4 Å². The molecule has 2 rings (SSSR count). The van der Waals surface area contributed by atoms with Gasteiger partial charge in [0, 0.05) is 16.8 Å². The van der Waals surface area contributed by atoms with E-state index in [1.807, 2.05) is 0 Å². The third kappa shape index (κ3) is 3.93. The molecular formula is C14H10ClF2NO2. The largest absolute Gasteiger partial charge is 0.484 e. The van der Waals surface area contributed by atoms with Crippen molar-refractivity contribution in [1.29, 1.82) is 0 Å². The predicted octanol–water partition coefficient (Wildman–Crippen LogP) is 3.64. The highest BCUT2D eigenvalue weighted by atomic mass is 35.5. The van der Waals surface area contributed by atoms with Crippen LogP contribution in [-0.2, 0) is 4.79 Å². The van der Waals surface area contributed by atoms with Crippen molar-refractivity contribution in [2.75, 3.05) is 11.9 Å². The van der Waals surface area contributed by atoms with E-state index in [0.717, 1.165) is 12.1 Å². The van der Waals surface area contributed by atoms with Crippen LogP contribution in [0.4, 0.5) is 14.5 Å². The van der Waals surface area contributed by atoms with E-state index in [9.17, 15) is 13.6 Å². The lowest BCUT2D eigenvalue weighted by Gasteiger charge is -2.08. The molecule has 0 aliphatic heterocycles. The number of benzene rings is 2. The number of carbonyl (C=O) groups is 1. The standard InChI is InChI=1S/C14H10ClF2NO2/c15-9-2-1-3-10(6-9)18-14(19)8-20-11-4-5-12(16)13(17)7-11/h1-7H,8H2,(H,18,19). The van der Waals surface area contributed by atoms with Gasteiger partial charge in [0.15, 0.2) is 18.2 Å². The predicted molar refractivity (Wildman–Crippen MR) is 71.9 cm³/mol. The Balaban J connectivity index is 1.90. The Morgan fingerprint density at radius 1 is 1.15 bits per heavy atom. The van der Waals surface area contributed by atoms with Crippen molar-refractivity contribution in [2.45, 2.75) is 0 Å². The van der Waals surface area contributed by atoms with Gasteiger partial charge in [-0.2, -0.15) is 0 Å². The molecular weight excluding hydrogens is 288 g/mol. The van der Waals surface area contributed by atoms with Gasteiger partial charge >= 0.3 is 0 Å². The zero-order valence-corrected chi connectivity index (χ0v) is 11.0. The molecule has 2 aromatic carbocycles. The first kappa shape index (κ1) is 14.3. The lowest BCUT2D eigenvalue weighted by Crippen LogP contribution is -2.20. The molecule has 0 spiro atoms. The summed E-state index contributed by atoms with van der Waals surface area (Å²) < 4.78 is 30.7. The molecule has 0 heterocycles. The molecule has 0 atom stereocenters. The maximum Gasteiger partial charge on any atom is 0.262 e. The lowest BCUT2D eigenvalue weighted by molar-refractivity contribution is -0.118. The highest BCUT2D eigenvalue weighted by Crippen LogP contribution is 2.16. The molecule has 0 fully saturated rings. The zero-order valence-electron chi connectivity index (χ0n) is 10.2. The van der Waals surface area contributed by atoms with Crippen LogP contribution in [0.3, 0.4) is 0 Å². The summed E-state index contributed by atoms with van der Waals surface area (Å²) in [6, 6.07) is 9.66. The summed E-state index contributed by atoms with van der Waals surface area (Å²) in [6.45, 7) is -0.322. The first-order valence-electron chi connectivity index (χ1n) is 5.68. The quantitative estimate of drug-likeness (QED) is 0.936. The average Bonchev–Trinajstić information content (AvgIpc) is 2.40. The summed E-state index contributed by atoms with van der Waals surface area (Å²) in [5, 5.41) is 3.05. The molecule has 6 heteroatoms. The van der Waals surface area contributed by atoms with Crippen LogP contribution in [0.15, 0.2) is 42.5 Å². The first-order valence-corrected chi connectivity index (χ1v) is 6.05. The van der Waals surface area contributed by atoms with E-state index >= 15 is 0 Å². The zero-order chi connectivity index (χ0) is 14.5. The van der Waals surface area contributed by atoms with E-state index in [2.05, 4.69) is 5.32 Å². The van der Waals surface area contributed by atoms with Crippen molar-refractivity contribution < 1.29 is 18.3 Å². The van der Waals surface area contributed by atoms with Crippen LogP contribution in [0.1, 0.15) is 0 Å². The second kappa shape index (κ2) is 6.34. The van der Waals surface area contributed by atoms with Crippen LogP contribution in [0, 0.1) is 11.6 Å². The number of hydrogen-bond acceptors (Lipinski definition) is 2. The number of amides is 1. The van der Waals surface area contributed by atoms with Crippen LogP contribution in [0.25, 0.3) is 0 Å². The van der Waals surface area contributed by atoms with Crippen molar-refractivity contribution >= 4 is 23.2 Å². The van der Waals surface area contributed by atoms with Gasteiger partial charge in [0.2, 0.25) is 0 Å². The molecule has 0 saturated heterocycles. The average molecular weight is 298 g/mol. The van der Waals surface area contributed by atoms with E-state index < -0.39 is 17.5 Å². The maximum absolute atomic E-state index is 12.9. The van der Waals surface area contributed by atoms with Gasteiger partial charge in [0.25, 0.3) is 5.91 Å². The van der Waals surface area contributed by atoms with Crippen molar-refractivity contribution in [1.82, 2.24) is 0 Å². The maximum atomic E-state index is 12.9. The van der Waals surface area contributed by atoms with Crippen LogP contribution in [-0.4, -0.2) is 12.5 Å². The van der Waals surface area contributed by atoms with Gasteiger partial charge < -0.3 is 10.1 Å². The number of anilines is 1. The molecule has 2 aromatic rings. The molecule has 0 radical (unpaired) electrons. The molecule has 20 heavy (non-hydrogen) atoms. The van der Waals surface area contributed by atoms with Gasteiger partial charge in [-0.15, -0.1) is 0 Å². The van der Waals surface area contributed by atoms with Crippen LogP contribution in [0.5, 0.6) is 5.75 Å². The minimum Gasteiger partial charge on any atom is -0.484 e. The number of halogens is 3. The molecule has 3 nitrogen and oxygen atoms in total. The summed E-state index contributed by atoms with van der Waals surface area (Å²) in [7, 11) is 0. The number of rotatable bonds is 4. The summed E-state index contributed by atoms with van der Waals surface area (Å²) >= 11 is 5.77. The molecule has 1 amide bonds. The first-order chi connectivity index (χ1) is 9.54. The van der Waals surface area contributed by atoms with Crippen molar-refractivity contribution in [3.05, 3.63) is 59.1 Å². The Kier molecular flexibility index (Phi) is 4.53. The molecule has 0 bridgehead atoms. The second-order valence-electron chi connectivity index (χ2n) is 3.92. The van der Waals surface area contributed by atoms with Gasteiger partial charge in [-0.05, 0) is 30.3 Å². The Morgan fingerprint density at radius 2 is 1.95 bits per heavy atom. The normalized spacial score (nSPS) is 10.2. The van der Waals surface area contributed by atoms with E-state index in [0.29, 0.717) is 10.7 Å². The molecule has 0 aliphatic rings. The fraction of sp³-hybridized carbons (Fsp3) is 0.0714. The summed E-state index contributed by atoms with van der Waals surface area (Å²) in [6.07, 6.45) is 0. The smallest absolute Gasteiger partial charge is 0.262 e. The van der Waals surface area contributed by atoms with Crippen molar-refractivity contribution in [3.63, 3.8) is 0 Å². The summed E-state index contributed by atoms with van der Waals surface area (Å²) in [4.78, 5) is 11.6. The molecule has 0 saturated carbocycles. The van der Waals surface area contributed by atoms with E-state index in [1.165, 1.54) is 6.07 Å². The lowest BCUT2D eigenvalue weighted by atomic mass is 10.3. The second-order valence-corrected chi connectivity index (χ2v) is 4.36. The van der Waals surface area contributed by atoms with Gasteiger partial charge in [0.1, 0.15) is 5.75 Å².